The van der Waals surface area contributed by atoms with Gasteiger partial charge in [0.05, 0.1) is 0 Å². The van der Waals surface area contributed by atoms with E-state index in [0.717, 1.165) is 25.9 Å². The fourth-order valence-electron chi connectivity index (χ4n) is 2.01. The molecular weight excluding hydrogens is 224 g/mol. The van der Waals surface area contributed by atoms with Crippen LogP contribution in [0.2, 0.25) is 0 Å². The van der Waals surface area contributed by atoms with Crippen LogP contribution in [-0.2, 0) is 4.79 Å². The maximum absolute atomic E-state index is 11.8. The average Bonchev–Trinajstić information content (AvgIpc) is 2.42. The van der Waals surface area contributed by atoms with Crippen LogP contribution in [0.25, 0.3) is 0 Å². The summed E-state index contributed by atoms with van der Waals surface area (Å²) in [6.07, 6.45) is 2.55. The molecule has 1 amide bonds. The molecule has 1 atom stereocenters. The highest BCUT2D eigenvalue weighted by atomic mass is 16.1. The van der Waals surface area contributed by atoms with Crippen LogP contribution in [-0.4, -0.2) is 26.0 Å². The Bertz CT molecular complexity index is 338. The number of carbonyl (C=O) groups excluding carboxylic acids is 1. The summed E-state index contributed by atoms with van der Waals surface area (Å²) in [6.45, 7) is 3.83. The summed E-state index contributed by atoms with van der Waals surface area (Å²) in [4.78, 5) is 11.8. The summed E-state index contributed by atoms with van der Waals surface area (Å²) in [5.74, 6) is 0.484. The Labute approximate surface area is 110 Å². The van der Waals surface area contributed by atoms with Gasteiger partial charge in [0, 0.05) is 13.0 Å². The molecule has 0 saturated heterocycles. The zero-order valence-corrected chi connectivity index (χ0v) is 11.4. The largest absolute Gasteiger partial charge is 0.356 e. The minimum absolute atomic E-state index is 0.154. The zero-order valence-electron chi connectivity index (χ0n) is 11.4. The molecule has 1 rings (SSSR count). The predicted molar refractivity (Wildman–Crippen MR) is 75.6 cm³/mol. The molecule has 2 N–H and O–H groups in total. The van der Waals surface area contributed by atoms with E-state index in [1.54, 1.807) is 0 Å². The highest BCUT2D eigenvalue weighted by Crippen LogP contribution is 2.22. The van der Waals surface area contributed by atoms with Gasteiger partial charge in [0.1, 0.15) is 0 Å². The van der Waals surface area contributed by atoms with E-state index in [2.05, 4.69) is 29.7 Å². The molecule has 0 spiro atoms. The van der Waals surface area contributed by atoms with Gasteiger partial charge in [-0.25, -0.2) is 0 Å². The van der Waals surface area contributed by atoms with Crippen LogP contribution in [0.15, 0.2) is 30.3 Å². The van der Waals surface area contributed by atoms with Gasteiger partial charge < -0.3 is 10.6 Å². The monoisotopic (exact) mass is 248 g/mol. The number of hydrogen-bond acceptors (Lipinski definition) is 2. The SMILES string of the molecule is CCC(CC(=O)NCCCNC)c1ccccc1. The first-order valence-corrected chi connectivity index (χ1v) is 6.74. The van der Waals surface area contributed by atoms with Gasteiger partial charge in [-0.15, -0.1) is 0 Å². The van der Waals surface area contributed by atoms with E-state index in [0.29, 0.717) is 12.3 Å². The first kappa shape index (κ1) is 14.7. The summed E-state index contributed by atoms with van der Waals surface area (Å²) in [5, 5.41) is 6.04. The average molecular weight is 248 g/mol. The number of nitrogens with one attached hydrogen (secondary N) is 2. The van der Waals surface area contributed by atoms with Crippen molar-refractivity contribution in [3.05, 3.63) is 35.9 Å². The second kappa shape index (κ2) is 8.70. The molecule has 0 aliphatic rings. The van der Waals surface area contributed by atoms with Crippen LogP contribution >= 0.6 is 0 Å². The Morgan fingerprint density at radius 2 is 1.94 bits per heavy atom. The van der Waals surface area contributed by atoms with E-state index in [1.807, 2.05) is 25.2 Å². The van der Waals surface area contributed by atoms with Crippen molar-refractivity contribution in [2.45, 2.75) is 32.1 Å². The number of carbonyl (C=O) groups is 1. The van der Waals surface area contributed by atoms with E-state index in [4.69, 9.17) is 0 Å². The molecule has 0 fully saturated rings. The van der Waals surface area contributed by atoms with Gasteiger partial charge in [-0.3, -0.25) is 4.79 Å². The van der Waals surface area contributed by atoms with Crippen molar-refractivity contribution in [1.29, 1.82) is 0 Å². The minimum Gasteiger partial charge on any atom is -0.356 e. The van der Waals surface area contributed by atoms with Crippen LogP contribution in [0.5, 0.6) is 0 Å². The Hall–Kier alpha value is -1.35. The molecule has 0 radical (unpaired) electrons. The summed E-state index contributed by atoms with van der Waals surface area (Å²) in [5.41, 5.74) is 1.25. The Morgan fingerprint density at radius 1 is 1.22 bits per heavy atom. The van der Waals surface area contributed by atoms with Crippen molar-refractivity contribution in [3.8, 4) is 0 Å². The summed E-state index contributed by atoms with van der Waals surface area (Å²) >= 11 is 0. The predicted octanol–water partition coefficient (Wildman–Crippen LogP) is 2.30. The topological polar surface area (TPSA) is 41.1 Å². The molecule has 0 aliphatic heterocycles. The van der Waals surface area contributed by atoms with Crippen LogP contribution in [0.1, 0.15) is 37.7 Å². The fraction of sp³-hybridized carbons (Fsp3) is 0.533. The molecule has 1 aromatic carbocycles. The lowest BCUT2D eigenvalue weighted by Crippen LogP contribution is -2.27. The molecule has 18 heavy (non-hydrogen) atoms. The molecule has 3 nitrogen and oxygen atoms in total. The molecule has 0 heterocycles. The van der Waals surface area contributed by atoms with Gasteiger partial charge in [0.25, 0.3) is 0 Å². The molecule has 0 bridgehead atoms. The van der Waals surface area contributed by atoms with Gasteiger partial charge in [-0.05, 0) is 37.9 Å². The number of benzene rings is 1. The Morgan fingerprint density at radius 3 is 2.56 bits per heavy atom. The molecule has 0 aliphatic carbocycles. The van der Waals surface area contributed by atoms with Gasteiger partial charge in [0.15, 0.2) is 0 Å². The van der Waals surface area contributed by atoms with Crippen molar-refractivity contribution in [2.75, 3.05) is 20.1 Å². The minimum atomic E-state index is 0.154. The van der Waals surface area contributed by atoms with Crippen molar-refractivity contribution >= 4 is 5.91 Å². The normalized spacial score (nSPS) is 12.1. The van der Waals surface area contributed by atoms with E-state index in [1.165, 1.54) is 5.56 Å². The number of hydrogen-bond donors (Lipinski definition) is 2. The van der Waals surface area contributed by atoms with E-state index >= 15 is 0 Å². The van der Waals surface area contributed by atoms with Crippen molar-refractivity contribution < 1.29 is 4.79 Å². The van der Waals surface area contributed by atoms with Gasteiger partial charge in [-0.2, -0.15) is 0 Å². The first-order valence-electron chi connectivity index (χ1n) is 6.74. The van der Waals surface area contributed by atoms with Crippen molar-refractivity contribution in [1.82, 2.24) is 10.6 Å². The van der Waals surface area contributed by atoms with Crippen molar-refractivity contribution in [3.63, 3.8) is 0 Å². The summed E-state index contributed by atoms with van der Waals surface area (Å²) in [7, 11) is 1.92. The van der Waals surface area contributed by atoms with E-state index in [-0.39, 0.29) is 5.91 Å². The third-order valence-corrected chi connectivity index (χ3v) is 3.12. The highest BCUT2D eigenvalue weighted by Gasteiger charge is 2.13. The van der Waals surface area contributed by atoms with Crippen LogP contribution in [0, 0.1) is 0 Å². The third-order valence-electron chi connectivity index (χ3n) is 3.12. The number of rotatable bonds is 8. The maximum Gasteiger partial charge on any atom is 0.220 e. The molecule has 100 valence electrons. The molecule has 0 aromatic heterocycles. The quantitative estimate of drug-likeness (QED) is 0.693. The van der Waals surface area contributed by atoms with Gasteiger partial charge in [-0.1, -0.05) is 37.3 Å². The fourth-order valence-corrected chi connectivity index (χ4v) is 2.01. The Kier molecular flexibility index (Phi) is 7.11. The molecule has 1 unspecified atom stereocenters. The van der Waals surface area contributed by atoms with Gasteiger partial charge >= 0.3 is 0 Å². The smallest absolute Gasteiger partial charge is 0.220 e. The lowest BCUT2D eigenvalue weighted by atomic mass is 9.93. The lowest BCUT2D eigenvalue weighted by Gasteiger charge is -2.15. The highest BCUT2D eigenvalue weighted by molar-refractivity contribution is 5.76. The number of amides is 1. The standard InChI is InChI=1S/C15H24N2O/c1-3-13(14-8-5-4-6-9-14)12-15(18)17-11-7-10-16-2/h4-6,8-9,13,16H,3,7,10-12H2,1-2H3,(H,17,18). The lowest BCUT2D eigenvalue weighted by molar-refractivity contribution is -0.121. The van der Waals surface area contributed by atoms with E-state index in [9.17, 15) is 4.79 Å². The van der Waals surface area contributed by atoms with Crippen LogP contribution < -0.4 is 10.6 Å². The molecule has 3 heteroatoms. The molecular formula is C15H24N2O. The van der Waals surface area contributed by atoms with Crippen LogP contribution in [0.3, 0.4) is 0 Å². The second-order valence-corrected chi connectivity index (χ2v) is 4.53. The van der Waals surface area contributed by atoms with Crippen molar-refractivity contribution in [2.24, 2.45) is 0 Å². The summed E-state index contributed by atoms with van der Waals surface area (Å²) in [6, 6.07) is 10.3. The Balaban J connectivity index is 2.37. The zero-order chi connectivity index (χ0) is 13.2. The van der Waals surface area contributed by atoms with E-state index < -0.39 is 0 Å². The summed E-state index contributed by atoms with van der Waals surface area (Å²) < 4.78 is 0. The van der Waals surface area contributed by atoms with Gasteiger partial charge in [0.2, 0.25) is 5.91 Å². The molecule has 0 saturated carbocycles. The second-order valence-electron chi connectivity index (χ2n) is 4.53. The molecule has 1 aromatic rings. The third kappa shape index (κ3) is 5.32. The first-order chi connectivity index (χ1) is 8.77. The maximum atomic E-state index is 11.8. The van der Waals surface area contributed by atoms with Crippen LogP contribution in [0.4, 0.5) is 0 Å².